The first-order valence-corrected chi connectivity index (χ1v) is 9.42. The fourth-order valence-electron chi connectivity index (χ4n) is 2.58. The number of para-hydroxylation sites is 1. The first-order chi connectivity index (χ1) is 12.1. The lowest BCUT2D eigenvalue weighted by atomic mass is 10.1. The number of rotatable bonds is 7. The maximum atomic E-state index is 12.0. The zero-order valence-corrected chi connectivity index (χ0v) is 15.5. The third-order valence-corrected chi connectivity index (χ3v) is 5.38. The molecule has 0 spiro atoms. The molecule has 25 heavy (non-hydrogen) atoms. The zero-order valence-electron chi connectivity index (χ0n) is 14.0. The van der Waals surface area contributed by atoms with E-state index < -0.39 is 0 Å². The van der Waals surface area contributed by atoms with Crippen molar-refractivity contribution in [3.8, 4) is 0 Å². The third-order valence-electron chi connectivity index (χ3n) is 3.94. The second kappa shape index (κ2) is 8.43. The van der Waals surface area contributed by atoms with Gasteiger partial charge < -0.3 is 10.6 Å². The van der Waals surface area contributed by atoms with Gasteiger partial charge in [-0.2, -0.15) is 0 Å². The van der Waals surface area contributed by atoms with Gasteiger partial charge in [0.05, 0.1) is 21.8 Å². The number of hydrogen-bond acceptors (Lipinski definition) is 4. The van der Waals surface area contributed by atoms with Gasteiger partial charge in [-0.3, -0.25) is 4.79 Å². The molecule has 0 aliphatic carbocycles. The number of fused-ring (bicyclic) bond motifs is 1. The highest BCUT2D eigenvalue weighted by atomic mass is 35.5. The van der Waals surface area contributed by atoms with Crippen molar-refractivity contribution < 1.29 is 4.79 Å². The van der Waals surface area contributed by atoms with Gasteiger partial charge in [0.15, 0.2) is 0 Å². The number of amides is 1. The summed E-state index contributed by atoms with van der Waals surface area (Å²) in [7, 11) is 0. The minimum atomic E-state index is -0.0278. The highest BCUT2D eigenvalue weighted by Crippen LogP contribution is 2.22. The van der Waals surface area contributed by atoms with Gasteiger partial charge in [-0.15, -0.1) is 11.3 Å². The van der Waals surface area contributed by atoms with E-state index in [2.05, 4.69) is 21.7 Å². The minimum Gasteiger partial charge on any atom is -0.355 e. The average Bonchev–Trinajstić information content (AvgIpc) is 3.03. The highest BCUT2D eigenvalue weighted by Gasteiger charge is 2.10. The van der Waals surface area contributed by atoms with E-state index in [9.17, 15) is 4.79 Å². The van der Waals surface area contributed by atoms with Gasteiger partial charge in [0.2, 0.25) is 5.91 Å². The number of nitrogens with one attached hydrogen (secondary N) is 2. The third kappa shape index (κ3) is 4.78. The Bertz CT molecular complexity index is 832. The Labute approximate surface area is 156 Å². The Kier molecular flexibility index (Phi) is 6.02. The standard InChI is InChI=1S/C19H20ClN3OS/c1-13(14-6-2-3-7-15(14)20)22-12-18(24)21-11-10-19-23-16-8-4-5-9-17(16)25-19/h2-9,13,22H,10-12H2,1H3,(H,21,24)/t13-/m1/s1. The molecule has 0 fully saturated rings. The average molecular weight is 374 g/mol. The van der Waals surface area contributed by atoms with Crippen LogP contribution in [0.5, 0.6) is 0 Å². The molecule has 1 heterocycles. The van der Waals surface area contributed by atoms with E-state index in [0.29, 0.717) is 11.6 Å². The zero-order chi connectivity index (χ0) is 17.6. The molecule has 0 aliphatic rings. The van der Waals surface area contributed by atoms with Crippen molar-refractivity contribution in [3.05, 3.63) is 64.1 Å². The summed E-state index contributed by atoms with van der Waals surface area (Å²) in [6.07, 6.45) is 0.741. The molecule has 0 unspecified atom stereocenters. The summed E-state index contributed by atoms with van der Waals surface area (Å²) in [6.45, 7) is 2.84. The van der Waals surface area contributed by atoms with Crippen LogP contribution in [0.4, 0.5) is 0 Å². The summed E-state index contributed by atoms with van der Waals surface area (Å²) in [4.78, 5) is 16.6. The molecule has 3 rings (SSSR count). The van der Waals surface area contributed by atoms with Crippen molar-refractivity contribution in [1.29, 1.82) is 0 Å². The summed E-state index contributed by atoms with van der Waals surface area (Å²) in [6, 6.07) is 15.7. The molecule has 0 saturated heterocycles. The van der Waals surface area contributed by atoms with Crippen molar-refractivity contribution in [2.75, 3.05) is 13.1 Å². The summed E-state index contributed by atoms with van der Waals surface area (Å²) in [5.74, 6) is -0.0278. The predicted molar refractivity (Wildman–Crippen MR) is 104 cm³/mol. The van der Waals surface area contributed by atoms with Crippen LogP contribution in [0.2, 0.25) is 5.02 Å². The van der Waals surface area contributed by atoms with Crippen LogP contribution in [0.15, 0.2) is 48.5 Å². The molecule has 4 nitrogen and oxygen atoms in total. The molecule has 1 aromatic heterocycles. The van der Waals surface area contributed by atoms with Crippen molar-refractivity contribution in [2.24, 2.45) is 0 Å². The van der Waals surface area contributed by atoms with Gasteiger partial charge in [0.1, 0.15) is 0 Å². The molecule has 0 radical (unpaired) electrons. The quantitative estimate of drug-likeness (QED) is 0.659. The summed E-state index contributed by atoms with van der Waals surface area (Å²) < 4.78 is 1.18. The maximum Gasteiger partial charge on any atom is 0.233 e. The smallest absolute Gasteiger partial charge is 0.233 e. The Hall–Kier alpha value is -1.95. The lowest BCUT2D eigenvalue weighted by Crippen LogP contribution is -2.36. The van der Waals surface area contributed by atoms with E-state index in [1.165, 1.54) is 4.70 Å². The molecule has 0 aliphatic heterocycles. The molecule has 0 bridgehead atoms. The van der Waals surface area contributed by atoms with Crippen LogP contribution in [-0.2, 0) is 11.2 Å². The Morgan fingerprint density at radius 3 is 2.76 bits per heavy atom. The number of hydrogen-bond donors (Lipinski definition) is 2. The normalized spacial score (nSPS) is 12.2. The summed E-state index contributed by atoms with van der Waals surface area (Å²) in [5.41, 5.74) is 2.01. The van der Waals surface area contributed by atoms with E-state index in [0.717, 1.165) is 22.5 Å². The monoisotopic (exact) mass is 373 g/mol. The van der Waals surface area contributed by atoms with Gasteiger partial charge >= 0.3 is 0 Å². The van der Waals surface area contributed by atoms with Gasteiger partial charge in [-0.05, 0) is 30.7 Å². The van der Waals surface area contributed by atoms with E-state index in [1.807, 2.05) is 49.4 Å². The van der Waals surface area contributed by atoms with E-state index in [1.54, 1.807) is 11.3 Å². The molecule has 2 aromatic carbocycles. The van der Waals surface area contributed by atoms with Gasteiger partial charge in [-0.25, -0.2) is 4.98 Å². The van der Waals surface area contributed by atoms with Crippen molar-refractivity contribution in [3.63, 3.8) is 0 Å². The Morgan fingerprint density at radius 1 is 1.20 bits per heavy atom. The molecule has 130 valence electrons. The van der Waals surface area contributed by atoms with Crippen molar-refractivity contribution in [1.82, 2.24) is 15.6 Å². The number of benzene rings is 2. The number of thiazole rings is 1. The molecular weight excluding hydrogens is 354 g/mol. The molecule has 1 amide bonds. The van der Waals surface area contributed by atoms with E-state index in [-0.39, 0.29) is 18.5 Å². The highest BCUT2D eigenvalue weighted by molar-refractivity contribution is 7.18. The molecule has 2 N–H and O–H groups in total. The van der Waals surface area contributed by atoms with Crippen LogP contribution in [0.25, 0.3) is 10.2 Å². The largest absolute Gasteiger partial charge is 0.355 e. The number of aromatic nitrogens is 1. The molecule has 0 saturated carbocycles. The second-order valence-electron chi connectivity index (χ2n) is 5.80. The summed E-state index contributed by atoms with van der Waals surface area (Å²) >= 11 is 7.85. The van der Waals surface area contributed by atoms with Gasteiger partial charge in [0.25, 0.3) is 0 Å². The molecule has 6 heteroatoms. The van der Waals surface area contributed by atoms with Crippen LogP contribution >= 0.6 is 22.9 Å². The predicted octanol–water partition coefficient (Wildman–Crippen LogP) is 3.96. The van der Waals surface area contributed by atoms with Crippen molar-refractivity contribution in [2.45, 2.75) is 19.4 Å². The number of halogens is 1. The van der Waals surface area contributed by atoms with Crippen LogP contribution in [0.3, 0.4) is 0 Å². The number of carbonyl (C=O) groups excluding carboxylic acids is 1. The van der Waals surface area contributed by atoms with Gasteiger partial charge in [-0.1, -0.05) is 41.9 Å². The topological polar surface area (TPSA) is 54.0 Å². The maximum absolute atomic E-state index is 12.0. The Morgan fingerprint density at radius 2 is 1.96 bits per heavy atom. The Balaban J connectivity index is 1.43. The minimum absolute atomic E-state index is 0.0173. The summed E-state index contributed by atoms with van der Waals surface area (Å²) in [5, 5.41) is 7.88. The molecular formula is C19H20ClN3OS. The number of carbonyl (C=O) groups is 1. The first-order valence-electron chi connectivity index (χ1n) is 8.22. The second-order valence-corrected chi connectivity index (χ2v) is 7.32. The SMILES string of the molecule is C[C@@H](NCC(=O)NCCc1nc2ccccc2s1)c1ccccc1Cl. The van der Waals surface area contributed by atoms with Crippen LogP contribution < -0.4 is 10.6 Å². The van der Waals surface area contributed by atoms with Crippen LogP contribution in [0.1, 0.15) is 23.5 Å². The number of nitrogens with zero attached hydrogens (tertiary/aromatic N) is 1. The van der Waals surface area contributed by atoms with Crippen LogP contribution in [0, 0.1) is 0 Å². The van der Waals surface area contributed by atoms with Gasteiger partial charge in [0, 0.05) is 24.0 Å². The molecule has 3 aromatic rings. The fraction of sp³-hybridized carbons (Fsp3) is 0.263. The first kappa shape index (κ1) is 17.9. The lowest BCUT2D eigenvalue weighted by Gasteiger charge is -2.15. The van der Waals surface area contributed by atoms with E-state index in [4.69, 9.17) is 11.6 Å². The lowest BCUT2D eigenvalue weighted by molar-refractivity contribution is -0.120. The van der Waals surface area contributed by atoms with Crippen LogP contribution in [-0.4, -0.2) is 24.0 Å². The molecule has 1 atom stereocenters. The van der Waals surface area contributed by atoms with Crippen molar-refractivity contribution >= 4 is 39.1 Å². The van der Waals surface area contributed by atoms with E-state index >= 15 is 0 Å². The fourth-order valence-corrected chi connectivity index (χ4v) is 3.85.